The Labute approximate surface area is 216 Å². The third-order valence-electron chi connectivity index (χ3n) is 6.11. The minimum Gasteiger partial charge on any atom is -0.354 e. The molecule has 2 aromatic carbocycles. The summed E-state index contributed by atoms with van der Waals surface area (Å²) in [5.74, 6) is -0.0243. The third-order valence-corrected chi connectivity index (χ3v) is 7.31. The van der Waals surface area contributed by atoms with E-state index in [-0.39, 0.29) is 24.8 Å². The summed E-state index contributed by atoms with van der Waals surface area (Å²) in [7, 11) is -3.51. The van der Waals surface area contributed by atoms with Gasteiger partial charge in [-0.3, -0.25) is 13.9 Å². The highest BCUT2D eigenvalue weighted by Gasteiger charge is 2.29. The lowest BCUT2D eigenvalue weighted by atomic mass is 10.0. The molecule has 0 bridgehead atoms. The van der Waals surface area contributed by atoms with Gasteiger partial charge >= 0.3 is 0 Å². The lowest BCUT2D eigenvalue weighted by molar-refractivity contribution is -0.141. The van der Waals surface area contributed by atoms with Crippen molar-refractivity contribution in [2.45, 2.75) is 66.5 Å². The fourth-order valence-electron chi connectivity index (χ4n) is 4.10. The summed E-state index contributed by atoms with van der Waals surface area (Å²) in [6.07, 6.45) is 2.14. The third kappa shape index (κ3) is 8.66. The molecule has 2 aromatic rings. The molecule has 8 heteroatoms. The Kier molecular flexibility index (Phi) is 11.0. The Balaban J connectivity index is 2.22. The van der Waals surface area contributed by atoms with Crippen LogP contribution in [0.2, 0.25) is 0 Å². The van der Waals surface area contributed by atoms with Crippen LogP contribution in [0.25, 0.3) is 0 Å². The van der Waals surface area contributed by atoms with Crippen molar-refractivity contribution in [2.75, 3.05) is 23.7 Å². The van der Waals surface area contributed by atoms with Crippen molar-refractivity contribution in [1.29, 1.82) is 0 Å². The summed E-state index contributed by atoms with van der Waals surface area (Å²) in [6, 6.07) is 14.5. The number of carbonyl (C=O) groups excluding carboxylic acids is 2. The van der Waals surface area contributed by atoms with Gasteiger partial charge in [0, 0.05) is 26.1 Å². The minimum atomic E-state index is -3.51. The molecule has 198 valence electrons. The summed E-state index contributed by atoms with van der Waals surface area (Å²) in [5, 5.41) is 2.97. The molecule has 1 N–H and O–H groups in total. The molecule has 2 amide bonds. The number of sulfonamides is 1. The Hall–Kier alpha value is -2.87. The summed E-state index contributed by atoms with van der Waals surface area (Å²) in [4.78, 5) is 28.2. The molecule has 1 atom stereocenters. The van der Waals surface area contributed by atoms with Gasteiger partial charge in [0.15, 0.2) is 0 Å². The van der Waals surface area contributed by atoms with Crippen LogP contribution < -0.4 is 9.62 Å². The number of aryl methyl sites for hydroxylation is 2. The summed E-state index contributed by atoms with van der Waals surface area (Å²) in [5.41, 5.74) is 3.58. The van der Waals surface area contributed by atoms with Crippen LogP contribution in [-0.4, -0.2) is 50.5 Å². The summed E-state index contributed by atoms with van der Waals surface area (Å²) < 4.78 is 26.3. The number of nitrogens with one attached hydrogen (secondary N) is 1. The van der Waals surface area contributed by atoms with Gasteiger partial charge < -0.3 is 10.2 Å². The number of nitrogens with zero attached hydrogens (tertiary/aromatic N) is 2. The number of carbonyl (C=O) groups is 2. The maximum Gasteiger partial charge on any atom is 0.242 e. The van der Waals surface area contributed by atoms with Crippen molar-refractivity contribution in [3.63, 3.8) is 0 Å². The monoisotopic (exact) mass is 515 g/mol. The summed E-state index contributed by atoms with van der Waals surface area (Å²) >= 11 is 0. The smallest absolute Gasteiger partial charge is 0.242 e. The molecule has 0 heterocycles. The van der Waals surface area contributed by atoms with Crippen molar-refractivity contribution in [1.82, 2.24) is 10.2 Å². The van der Waals surface area contributed by atoms with Gasteiger partial charge in [-0.25, -0.2) is 8.42 Å². The molecule has 2 rings (SSSR count). The maximum absolute atomic E-state index is 13.5. The molecule has 0 aliphatic heterocycles. The lowest BCUT2D eigenvalue weighted by Gasteiger charge is -2.31. The normalized spacial score (nSPS) is 12.3. The van der Waals surface area contributed by atoms with Gasteiger partial charge in [-0.2, -0.15) is 0 Å². The molecule has 0 aliphatic rings. The second kappa shape index (κ2) is 13.4. The van der Waals surface area contributed by atoms with Crippen molar-refractivity contribution in [3.05, 3.63) is 65.2 Å². The van der Waals surface area contributed by atoms with Gasteiger partial charge in [0.25, 0.3) is 0 Å². The molecule has 7 nitrogen and oxygen atoms in total. The first kappa shape index (κ1) is 29.4. The molecule has 0 spiro atoms. The molecular weight excluding hydrogens is 474 g/mol. The molecule has 0 saturated carbocycles. The topological polar surface area (TPSA) is 86.8 Å². The van der Waals surface area contributed by atoms with Gasteiger partial charge in [0.2, 0.25) is 21.8 Å². The first-order chi connectivity index (χ1) is 16.9. The standard InChI is InChI=1S/C28H41N3O4S/c1-7-26(28(33)29-19-21(2)3)30(20-24-14-9-8-13-23(24)5)27(32)16-11-17-31(36(6,34)35)25-15-10-12-22(4)18-25/h8-10,12-15,18,21,26H,7,11,16-17,19-20H2,1-6H3,(H,29,33)/t26-/m1/s1. The Morgan fingerprint density at radius 2 is 1.72 bits per heavy atom. The van der Waals surface area contributed by atoms with Crippen molar-refractivity contribution < 1.29 is 18.0 Å². The zero-order valence-electron chi connectivity index (χ0n) is 22.5. The fraction of sp³-hybridized carbons (Fsp3) is 0.500. The highest BCUT2D eigenvalue weighted by molar-refractivity contribution is 7.92. The number of hydrogen-bond donors (Lipinski definition) is 1. The molecule has 0 saturated heterocycles. The van der Waals surface area contributed by atoms with Crippen molar-refractivity contribution in [3.8, 4) is 0 Å². The van der Waals surface area contributed by atoms with E-state index in [2.05, 4.69) is 5.32 Å². The van der Waals surface area contributed by atoms with Crippen LogP contribution in [0.1, 0.15) is 56.7 Å². The molecule has 0 radical (unpaired) electrons. The van der Waals surface area contributed by atoms with Gasteiger partial charge in [-0.05, 0) is 61.4 Å². The largest absolute Gasteiger partial charge is 0.354 e. The average molecular weight is 516 g/mol. The van der Waals surface area contributed by atoms with Crippen LogP contribution in [-0.2, 0) is 26.2 Å². The summed E-state index contributed by atoms with van der Waals surface area (Å²) in [6.45, 7) is 10.9. The fourth-order valence-corrected chi connectivity index (χ4v) is 5.06. The highest BCUT2D eigenvalue weighted by atomic mass is 32.2. The SMILES string of the molecule is CC[C@H](C(=O)NCC(C)C)N(Cc1ccccc1C)C(=O)CCCN(c1cccc(C)c1)S(C)(=O)=O. The molecule has 0 aliphatic carbocycles. The first-order valence-electron chi connectivity index (χ1n) is 12.6. The predicted octanol–water partition coefficient (Wildman–Crippen LogP) is 4.43. The number of benzene rings is 2. The number of hydrogen-bond acceptors (Lipinski definition) is 4. The molecule has 0 unspecified atom stereocenters. The van der Waals surface area contributed by atoms with E-state index in [1.54, 1.807) is 11.0 Å². The van der Waals surface area contributed by atoms with E-state index >= 15 is 0 Å². The minimum absolute atomic E-state index is 0.137. The van der Waals surface area contributed by atoms with Gasteiger partial charge in [-0.15, -0.1) is 0 Å². The van der Waals surface area contributed by atoms with E-state index in [0.29, 0.717) is 37.5 Å². The second-order valence-electron chi connectivity index (χ2n) is 9.79. The zero-order chi connectivity index (χ0) is 26.9. The molecule has 36 heavy (non-hydrogen) atoms. The Bertz CT molecular complexity index is 1130. The molecule has 0 aromatic heterocycles. The predicted molar refractivity (Wildman–Crippen MR) is 146 cm³/mol. The van der Waals surface area contributed by atoms with E-state index < -0.39 is 16.1 Å². The lowest BCUT2D eigenvalue weighted by Crippen LogP contribution is -2.49. The Morgan fingerprint density at radius 3 is 2.31 bits per heavy atom. The van der Waals surface area contributed by atoms with Crippen molar-refractivity contribution in [2.24, 2.45) is 5.92 Å². The average Bonchev–Trinajstić information content (AvgIpc) is 2.80. The van der Waals surface area contributed by atoms with Gasteiger partial charge in [-0.1, -0.05) is 57.2 Å². The van der Waals surface area contributed by atoms with Crippen LogP contribution in [0.4, 0.5) is 5.69 Å². The number of anilines is 1. The quantitative estimate of drug-likeness (QED) is 0.428. The zero-order valence-corrected chi connectivity index (χ0v) is 23.3. The van der Waals surface area contributed by atoms with E-state index in [9.17, 15) is 18.0 Å². The molecular formula is C28H41N3O4S. The second-order valence-corrected chi connectivity index (χ2v) is 11.7. The van der Waals surface area contributed by atoms with Crippen LogP contribution in [0.3, 0.4) is 0 Å². The van der Waals surface area contributed by atoms with Crippen LogP contribution >= 0.6 is 0 Å². The van der Waals surface area contributed by atoms with Gasteiger partial charge in [0.05, 0.1) is 11.9 Å². The van der Waals surface area contributed by atoms with Crippen LogP contribution in [0.5, 0.6) is 0 Å². The van der Waals surface area contributed by atoms with E-state index in [4.69, 9.17) is 0 Å². The maximum atomic E-state index is 13.5. The Morgan fingerprint density at radius 1 is 1.03 bits per heavy atom. The van der Waals surface area contributed by atoms with E-state index in [0.717, 1.165) is 16.7 Å². The highest BCUT2D eigenvalue weighted by Crippen LogP contribution is 2.21. The van der Waals surface area contributed by atoms with Crippen molar-refractivity contribution >= 4 is 27.5 Å². The van der Waals surface area contributed by atoms with Gasteiger partial charge in [0.1, 0.15) is 6.04 Å². The number of rotatable bonds is 13. The number of amides is 2. The van der Waals surface area contributed by atoms with Crippen LogP contribution in [0.15, 0.2) is 48.5 Å². The van der Waals surface area contributed by atoms with E-state index in [1.807, 2.05) is 77.1 Å². The van der Waals surface area contributed by atoms with Crippen LogP contribution in [0, 0.1) is 19.8 Å². The molecule has 0 fully saturated rings. The first-order valence-corrected chi connectivity index (χ1v) is 14.4. The van der Waals surface area contributed by atoms with E-state index in [1.165, 1.54) is 10.6 Å².